The van der Waals surface area contributed by atoms with E-state index in [-0.39, 0.29) is 5.56 Å². The Kier molecular flexibility index (Phi) is 7.64. The van der Waals surface area contributed by atoms with Gasteiger partial charge in [0.05, 0.1) is 6.61 Å². The van der Waals surface area contributed by atoms with Crippen molar-refractivity contribution >= 4 is 17.5 Å². The Morgan fingerprint density at radius 1 is 1.00 bits per heavy atom. The van der Waals surface area contributed by atoms with E-state index in [1.54, 1.807) is 37.3 Å². The number of carbonyl (C=O) groups excluding carboxylic acids is 2. The Bertz CT molecular complexity index is 849. The lowest BCUT2D eigenvalue weighted by Crippen LogP contribution is -2.33. The zero-order valence-corrected chi connectivity index (χ0v) is 16.2. The third-order valence-corrected chi connectivity index (χ3v) is 4.08. The van der Waals surface area contributed by atoms with Gasteiger partial charge < -0.3 is 15.4 Å². The number of unbranched alkanes of at least 4 members (excludes halogenated alkanes) is 1. The molecule has 5 nitrogen and oxygen atoms in total. The molecule has 0 heterocycles. The first kappa shape index (κ1) is 22.3. The molecule has 2 amide bonds. The molecule has 0 aliphatic carbocycles. The van der Waals surface area contributed by atoms with E-state index in [1.165, 1.54) is 12.1 Å². The van der Waals surface area contributed by atoms with Crippen LogP contribution in [0.4, 0.5) is 18.9 Å². The molecule has 0 aliphatic rings. The summed E-state index contributed by atoms with van der Waals surface area (Å²) in [6.45, 7) is 2.96. The van der Waals surface area contributed by atoms with Gasteiger partial charge in [-0.25, -0.2) is 0 Å². The standard InChI is InChI=1S/C21H23F3N2O3/c1-3-4-11-29-17-9-7-15(8-10-17)20(28)26-18-12-16(6-5-14(18)2)19(27)25-13-21(22,23)24/h5-10,12H,3-4,11,13H2,1-2H3,(H,25,27)(H,26,28). The molecule has 8 heteroatoms. The highest BCUT2D eigenvalue weighted by Gasteiger charge is 2.28. The highest BCUT2D eigenvalue weighted by molar-refractivity contribution is 6.05. The van der Waals surface area contributed by atoms with Crippen molar-refractivity contribution in [3.05, 3.63) is 59.2 Å². The van der Waals surface area contributed by atoms with Crippen molar-refractivity contribution in [3.63, 3.8) is 0 Å². The van der Waals surface area contributed by atoms with E-state index in [1.807, 2.05) is 5.32 Å². The quantitative estimate of drug-likeness (QED) is 0.621. The predicted molar refractivity (Wildman–Crippen MR) is 104 cm³/mol. The maximum Gasteiger partial charge on any atom is 0.405 e. The van der Waals surface area contributed by atoms with Crippen molar-refractivity contribution in [2.75, 3.05) is 18.5 Å². The molecular formula is C21H23F3N2O3. The monoisotopic (exact) mass is 408 g/mol. The molecule has 0 saturated heterocycles. The van der Waals surface area contributed by atoms with Gasteiger partial charge in [0.15, 0.2) is 0 Å². The van der Waals surface area contributed by atoms with Gasteiger partial charge in [0.2, 0.25) is 0 Å². The largest absolute Gasteiger partial charge is 0.494 e. The second-order valence-corrected chi connectivity index (χ2v) is 6.51. The maximum absolute atomic E-state index is 12.5. The first-order valence-electron chi connectivity index (χ1n) is 9.19. The Morgan fingerprint density at radius 3 is 2.28 bits per heavy atom. The summed E-state index contributed by atoms with van der Waals surface area (Å²) in [7, 11) is 0. The van der Waals surface area contributed by atoms with Crippen LogP contribution in [-0.4, -0.2) is 31.1 Å². The fraction of sp³-hybridized carbons (Fsp3) is 0.333. The number of amides is 2. The van der Waals surface area contributed by atoms with Crippen LogP contribution in [0.25, 0.3) is 0 Å². The second-order valence-electron chi connectivity index (χ2n) is 6.51. The van der Waals surface area contributed by atoms with Crippen molar-refractivity contribution in [1.29, 1.82) is 0 Å². The number of hydrogen-bond acceptors (Lipinski definition) is 3. The number of hydrogen-bond donors (Lipinski definition) is 2. The summed E-state index contributed by atoms with van der Waals surface area (Å²) in [4.78, 5) is 24.4. The van der Waals surface area contributed by atoms with Gasteiger partial charge in [-0.2, -0.15) is 13.2 Å². The van der Waals surface area contributed by atoms with E-state index >= 15 is 0 Å². The van der Waals surface area contributed by atoms with Gasteiger partial charge in [-0.1, -0.05) is 19.4 Å². The molecule has 29 heavy (non-hydrogen) atoms. The summed E-state index contributed by atoms with van der Waals surface area (Å²) in [6.07, 6.45) is -2.54. The van der Waals surface area contributed by atoms with E-state index in [9.17, 15) is 22.8 Å². The zero-order valence-electron chi connectivity index (χ0n) is 16.2. The minimum atomic E-state index is -4.50. The molecule has 156 valence electrons. The average Bonchev–Trinajstić information content (AvgIpc) is 2.68. The molecule has 0 saturated carbocycles. The van der Waals surface area contributed by atoms with E-state index in [4.69, 9.17) is 4.74 Å². The molecular weight excluding hydrogens is 385 g/mol. The van der Waals surface area contributed by atoms with Crippen molar-refractivity contribution in [2.24, 2.45) is 0 Å². The zero-order chi connectivity index (χ0) is 21.4. The average molecular weight is 408 g/mol. The first-order valence-corrected chi connectivity index (χ1v) is 9.19. The molecule has 0 spiro atoms. The minimum Gasteiger partial charge on any atom is -0.494 e. The van der Waals surface area contributed by atoms with Gasteiger partial charge in [0.25, 0.3) is 11.8 Å². The van der Waals surface area contributed by atoms with Gasteiger partial charge in [-0.3, -0.25) is 9.59 Å². The Labute approximate surface area is 167 Å². The molecule has 0 atom stereocenters. The predicted octanol–water partition coefficient (Wildman–Crippen LogP) is 4.72. The number of ether oxygens (including phenoxy) is 1. The van der Waals surface area contributed by atoms with E-state index in [0.29, 0.717) is 29.2 Å². The van der Waals surface area contributed by atoms with E-state index < -0.39 is 24.5 Å². The van der Waals surface area contributed by atoms with Gasteiger partial charge in [-0.05, 0) is 55.3 Å². The van der Waals surface area contributed by atoms with Crippen LogP contribution in [0.2, 0.25) is 0 Å². The van der Waals surface area contributed by atoms with Gasteiger partial charge in [0, 0.05) is 16.8 Å². The van der Waals surface area contributed by atoms with Crippen LogP contribution in [-0.2, 0) is 0 Å². The maximum atomic E-state index is 12.5. The van der Waals surface area contributed by atoms with Crippen LogP contribution in [0.3, 0.4) is 0 Å². The summed E-state index contributed by atoms with van der Waals surface area (Å²) < 4.78 is 42.4. The van der Waals surface area contributed by atoms with Gasteiger partial charge >= 0.3 is 6.18 Å². The summed E-state index contributed by atoms with van der Waals surface area (Å²) >= 11 is 0. The van der Waals surface area contributed by atoms with Gasteiger partial charge in [-0.15, -0.1) is 0 Å². The lowest BCUT2D eigenvalue weighted by molar-refractivity contribution is -0.123. The minimum absolute atomic E-state index is 0.0230. The van der Waals surface area contributed by atoms with Crippen LogP contribution < -0.4 is 15.4 Å². The molecule has 0 bridgehead atoms. The summed E-state index contributed by atoms with van der Waals surface area (Å²) in [5.41, 5.74) is 1.43. The third kappa shape index (κ3) is 7.14. The number of alkyl halides is 3. The molecule has 2 aromatic rings. The Morgan fingerprint density at radius 2 is 1.66 bits per heavy atom. The molecule has 0 radical (unpaired) electrons. The smallest absolute Gasteiger partial charge is 0.405 e. The number of benzene rings is 2. The van der Waals surface area contributed by atoms with Crippen LogP contribution in [0.15, 0.2) is 42.5 Å². The molecule has 2 aromatic carbocycles. The molecule has 0 aliphatic heterocycles. The number of anilines is 1. The normalized spacial score (nSPS) is 11.1. The SMILES string of the molecule is CCCCOc1ccc(C(=O)Nc2cc(C(=O)NCC(F)(F)F)ccc2C)cc1. The first-order chi connectivity index (χ1) is 13.7. The van der Waals surface area contributed by atoms with Crippen molar-refractivity contribution in [2.45, 2.75) is 32.9 Å². The molecule has 0 unspecified atom stereocenters. The number of halogens is 3. The topological polar surface area (TPSA) is 67.4 Å². The van der Waals surface area contributed by atoms with Crippen LogP contribution >= 0.6 is 0 Å². The number of carbonyl (C=O) groups is 2. The number of rotatable bonds is 8. The fourth-order valence-electron chi connectivity index (χ4n) is 2.41. The van der Waals surface area contributed by atoms with Crippen molar-refractivity contribution in [3.8, 4) is 5.75 Å². The van der Waals surface area contributed by atoms with E-state index in [2.05, 4.69) is 12.2 Å². The summed E-state index contributed by atoms with van der Waals surface area (Å²) in [5.74, 6) is -0.609. The molecule has 2 N–H and O–H groups in total. The third-order valence-electron chi connectivity index (χ3n) is 4.08. The molecule has 2 rings (SSSR count). The Hall–Kier alpha value is -3.03. The fourth-order valence-corrected chi connectivity index (χ4v) is 2.41. The summed E-state index contributed by atoms with van der Waals surface area (Å²) in [5, 5.41) is 4.49. The van der Waals surface area contributed by atoms with Crippen LogP contribution in [0, 0.1) is 6.92 Å². The second kappa shape index (κ2) is 9.95. The summed E-state index contributed by atoms with van der Waals surface area (Å²) in [6, 6.07) is 10.9. The number of nitrogens with one attached hydrogen (secondary N) is 2. The molecule has 0 fully saturated rings. The Balaban J connectivity index is 2.05. The highest BCUT2D eigenvalue weighted by atomic mass is 19.4. The van der Waals surface area contributed by atoms with Crippen LogP contribution in [0.1, 0.15) is 46.0 Å². The lowest BCUT2D eigenvalue weighted by Gasteiger charge is -2.12. The van der Waals surface area contributed by atoms with Crippen molar-refractivity contribution < 1.29 is 27.5 Å². The van der Waals surface area contributed by atoms with Crippen LogP contribution in [0.5, 0.6) is 5.75 Å². The van der Waals surface area contributed by atoms with Crippen molar-refractivity contribution in [1.82, 2.24) is 5.32 Å². The highest BCUT2D eigenvalue weighted by Crippen LogP contribution is 2.20. The van der Waals surface area contributed by atoms with Gasteiger partial charge in [0.1, 0.15) is 12.3 Å². The lowest BCUT2D eigenvalue weighted by atomic mass is 10.1. The molecule has 0 aromatic heterocycles. The van der Waals surface area contributed by atoms with E-state index in [0.717, 1.165) is 12.8 Å². The number of aryl methyl sites for hydroxylation is 1.